The predicted molar refractivity (Wildman–Crippen MR) is 72.5 cm³/mol. The number of aromatic nitrogens is 3. The first-order valence-electron chi connectivity index (χ1n) is 5.85. The molecular weight excluding hydrogens is 286 g/mol. The summed E-state index contributed by atoms with van der Waals surface area (Å²) in [6.07, 6.45) is 2.44. The highest BCUT2D eigenvalue weighted by molar-refractivity contribution is 8.13. The Labute approximate surface area is 116 Å². The summed E-state index contributed by atoms with van der Waals surface area (Å²) in [6.45, 7) is 0. The molecule has 102 valence electrons. The molecule has 0 aliphatic carbocycles. The van der Waals surface area contributed by atoms with E-state index in [0.717, 1.165) is 12.8 Å². The minimum Gasteiger partial charge on any atom is -0.304 e. The molecule has 0 fully saturated rings. The molecule has 0 spiro atoms. The van der Waals surface area contributed by atoms with E-state index in [1.54, 1.807) is 7.05 Å². The highest BCUT2D eigenvalue weighted by Crippen LogP contribution is 2.13. The Hall–Kier alpha value is -1.40. The van der Waals surface area contributed by atoms with Gasteiger partial charge in [-0.05, 0) is 18.4 Å². The van der Waals surface area contributed by atoms with Crippen LogP contribution in [-0.2, 0) is 28.9 Å². The van der Waals surface area contributed by atoms with Gasteiger partial charge in [0.25, 0.3) is 14.2 Å². The minimum atomic E-state index is -3.83. The summed E-state index contributed by atoms with van der Waals surface area (Å²) < 4.78 is 23.8. The van der Waals surface area contributed by atoms with Crippen LogP contribution < -0.4 is 0 Å². The van der Waals surface area contributed by atoms with E-state index < -0.39 is 9.05 Å². The maximum Gasteiger partial charge on any atom is 0.296 e. The lowest BCUT2D eigenvalue weighted by molar-refractivity contribution is 0.589. The van der Waals surface area contributed by atoms with Crippen molar-refractivity contribution in [3.63, 3.8) is 0 Å². The lowest BCUT2D eigenvalue weighted by Gasteiger charge is -2.02. The largest absolute Gasteiger partial charge is 0.304 e. The predicted octanol–water partition coefficient (Wildman–Crippen LogP) is 1.92. The molecule has 5 nitrogen and oxygen atoms in total. The van der Waals surface area contributed by atoms with E-state index in [4.69, 9.17) is 10.7 Å². The van der Waals surface area contributed by atoms with Crippen LogP contribution >= 0.6 is 10.7 Å². The van der Waals surface area contributed by atoms with Gasteiger partial charge in [0, 0.05) is 24.2 Å². The van der Waals surface area contributed by atoms with Crippen LogP contribution in [0.3, 0.4) is 0 Å². The van der Waals surface area contributed by atoms with Gasteiger partial charge in [0.2, 0.25) is 0 Å². The number of halogens is 1. The third-order valence-electron chi connectivity index (χ3n) is 2.85. The number of rotatable bonds is 5. The molecule has 0 bridgehead atoms. The Morgan fingerprint density at radius 2 is 1.84 bits per heavy atom. The van der Waals surface area contributed by atoms with Crippen LogP contribution in [0.25, 0.3) is 0 Å². The summed E-state index contributed by atoms with van der Waals surface area (Å²) in [4.78, 5) is 0. The molecule has 0 aliphatic rings. The Balaban J connectivity index is 2.00. The second kappa shape index (κ2) is 5.71. The van der Waals surface area contributed by atoms with Crippen molar-refractivity contribution in [1.29, 1.82) is 0 Å². The molecule has 0 N–H and O–H groups in total. The zero-order valence-corrected chi connectivity index (χ0v) is 12.0. The van der Waals surface area contributed by atoms with E-state index >= 15 is 0 Å². The molecular formula is C12H14ClN3O2S. The Kier molecular flexibility index (Phi) is 4.21. The van der Waals surface area contributed by atoms with Crippen LogP contribution in [0.5, 0.6) is 0 Å². The highest BCUT2D eigenvalue weighted by atomic mass is 35.7. The van der Waals surface area contributed by atoms with Gasteiger partial charge in [-0.15, -0.1) is 10.2 Å². The van der Waals surface area contributed by atoms with Crippen molar-refractivity contribution in [3.8, 4) is 0 Å². The monoisotopic (exact) mass is 299 g/mol. The fourth-order valence-corrected chi connectivity index (χ4v) is 2.84. The van der Waals surface area contributed by atoms with Gasteiger partial charge < -0.3 is 4.57 Å². The van der Waals surface area contributed by atoms with E-state index in [2.05, 4.69) is 22.3 Å². The van der Waals surface area contributed by atoms with Gasteiger partial charge in [0.15, 0.2) is 0 Å². The molecule has 0 saturated carbocycles. The maximum absolute atomic E-state index is 11.2. The molecule has 19 heavy (non-hydrogen) atoms. The molecule has 1 aromatic heterocycles. The number of hydrogen-bond acceptors (Lipinski definition) is 4. The molecule has 0 radical (unpaired) electrons. The van der Waals surface area contributed by atoms with Crippen LogP contribution in [0.4, 0.5) is 0 Å². The topological polar surface area (TPSA) is 64.8 Å². The molecule has 0 atom stereocenters. The van der Waals surface area contributed by atoms with Crippen molar-refractivity contribution >= 4 is 19.7 Å². The van der Waals surface area contributed by atoms with E-state index in [9.17, 15) is 8.42 Å². The first kappa shape index (κ1) is 14.0. The first-order chi connectivity index (χ1) is 8.98. The third-order valence-corrected chi connectivity index (χ3v) is 4.06. The lowest BCUT2D eigenvalue weighted by Crippen LogP contribution is -2.05. The summed E-state index contributed by atoms with van der Waals surface area (Å²) in [6, 6.07) is 10.1. The molecule has 0 amide bonds. The third kappa shape index (κ3) is 3.54. The zero-order valence-electron chi connectivity index (χ0n) is 10.5. The summed E-state index contributed by atoms with van der Waals surface area (Å²) in [5, 5.41) is 7.26. The summed E-state index contributed by atoms with van der Waals surface area (Å²) >= 11 is 0. The van der Waals surface area contributed by atoms with Gasteiger partial charge >= 0.3 is 0 Å². The fraction of sp³-hybridized carbons (Fsp3) is 0.333. The van der Waals surface area contributed by atoms with Crippen LogP contribution in [0.2, 0.25) is 0 Å². The highest BCUT2D eigenvalue weighted by Gasteiger charge is 2.19. The van der Waals surface area contributed by atoms with Crippen molar-refractivity contribution in [3.05, 3.63) is 41.7 Å². The van der Waals surface area contributed by atoms with Gasteiger partial charge in [-0.25, -0.2) is 8.42 Å². The van der Waals surface area contributed by atoms with Gasteiger partial charge in [-0.3, -0.25) is 0 Å². The molecule has 1 heterocycles. The van der Waals surface area contributed by atoms with Crippen molar-refractivity contribution in [2.45, 2.75) is 24.4 Å². The van der Waals surface area contributed by atoms with Crippen LogP contribution in [0.1, 0.15) is 17.8 Å². The Morgan fingerprint density at radius 3 is 2.42 bits per heavy atom. The van der Waals surface area contributed by atoms with Crippen LogP contribution in [0, 0.1) is 0 Å². The molecule has 0 aliphatic heterocycles. The van der Waals surface area contributed by atoms with E-state index in [-0.39, 0.29) is 5.16 Å². The van der Waals surface area contributed by atoms with Crippen molar-refractivity contribution in [2.75, 3.05) is 0 Å². The van der Waals surface area contributed by atoms with Gasteiger partial charge in [-0.2, -0.15) is 0 Å². The molecule has 0 unspecified atom stereocenters. The number of nitrogens with zero attached hydrogens (tertiary/aromatic N) is 3. The van der Waals surface area contributed by atoms with Crippen LogP contribution in [-0.4, -0.2) is 23.2 Å². The summed E-state index contributed by atoms with van der Waals surface area (Å²) in [7, 11) is 3.03. The number of hydrogen-bond donors (Lipinski definition) is 0. The molecule has 2 aromatic rings. The first-order valence-corrected chi connectivity index (χ1v) is 8.16. The van der Waals surface area contributed by atoms with E-state index in [1.165, 1.54) is 10.1 Å². The number of benzene rings is 1. The van der Waals surface area contributed by atoms with E-state index in [0.29, 0.717) is 12.2 Å². The van der Waals surface area contributed by atoms with Crippen molar-refractivity contribution < 1.29 is 8.42 Å². The smallest absolute Gasteiger partial charge is 0.296 e. The summed E-state index contributed by atoms with van der Waals surface area (Å²) in [5.74, 6) is 0.621. The van der Waals surface area contributed by atoms with Gasteiger partial charge in [0.1, 0.15) is 5.82 Å². The van der Waals surface area contributed by atoms with Gasteiger partial charge in [0.05, 0.1) is 0 Å². The average Bonchev–Trinajstić information content (AvgIpc) is 2.72. The van der Waals surface area contributed by atoms with E-state index in [1.807, 2.05) is 18.2 Å². The quantitative estimate of drug-likeness (QED) is 0.791. The fourth-order valence-electron chi connectivity index (χ4n) is 1.87. The summed E-state index contributed by atoms with van der Waals surface area (Å²) in [5.41, 5.74) is 1.25. The number of aryl methyl sites for hydroxylation is 2. The average molecular weight is 300 g/mol. The molecule has 0 saturated heterocycles. The maximum atomic E-state index is 11.2. The van der Waals surface area contributed by atoms with Crippen molar-refractivity contribution in [2.24, 2.45) is 7.05 Å². The SMILES string of the molecule is Cn1c(CCCc2ccccc2)nnc1S(=O)(=O)Cl. The van der Waals surface area contributed by atoms with Crippen molar-refractivity contribution in [1.82, 2.24) is 14.8 Å². The second-order valence-electron chi connectivity index (χ2n) is 4.23. The Morgan fingerprint density at radius 1 is 1.16 bits per heavy atom. The van der Waals surface area contributed by atoms with Gasteiger partial charge in [-0.1, -0.05) is 30.3 Å². The van der Waals surface area contributed by atoms with Crippen LogP contribution in [0.15, 0.2) is 35.5 Å². The second-order valence-corrected chi connectivity index (χ2v) is 6.69. The zero-order chi connectivity index (χ0) is 13.9. The Bertz CT molecular complexity index is 653. The lowest BCUT2D eigenvalue weighted by atomic mass is 10.1. The molecule has 7 heteroatoms. The molecule has 2 rings (SSSR count). The normalized spacial score (nSPS) is 11.7. The minimum absolute atomic E-state index is 0.205. The molecule has 1 aromatic carbocycles. The standard InChI is InChI=1S/C12H14ClN3O2S/c1-16-11(14-15-12(16)19(13,17)18)9-5-8-10-6-3-2-4-7-10/h2-4,6-7H,5,8-9H2,1H3.